The van der Waals surface area contributed by atoms with E-state index in [0.717, 1.165) is 11.0 Å². The van der Waals surface area contributed by atoms with Crippen molar-refractivity contribution in [3.05, 3.63) is 53.3 Å². The molecule has 100 valence electrons. The van der Waals surface area contributed by atoms with Crippen LogP contribution >= 0.6 is 11.6 Å². The van der Waals surface area contributed by atoms with Crippen molar-refractivity contribution in [1.29, 1.82) is 0 Å². The minimum Gasteiger partial charge on any atom is -0.343 e. The minimum atomic E-state index is -0.324. The number of aromatic amines is 1. The predicted molar refractivity (Wildman–Crippen MR) is 74.3 cm³/mol. The van der Waals surface area contributed by atoms with Crippen molar-refractivity contribution in [2.45, 2.75) is 6.54 Å². The highest BCUT2D eigenvalue weighted by atomic mass is 35.5. The Bertz CT molecular complexity index is 720. The summed E-state index contributed by atoms with van der Waals surface area (Å²) in [5.41, 5.74) is 2.01. The lowest BCUT2D eigenvalue weighted by Crippen LogP contribution is -2.24. The molecule has 0 saturated heterocycles. The van der Waals surface area contributed by atoms with E-state index in [2.05, 4.69) is 25.3 Å². The molecular formula is C13H10ClN5O. The molecule has 0 aliphatic heterocycles. The average Bonchev–Trinajstić information content (AvgIpc) is 2.88. The molecule has 0 aliphatic carbocycles. The molecule has 0 aliphatic rings. The number of carbonyl (C=O) groups excluding carboxylic acids is 1. The molecule has 0 spiro atoms. The topological polar surface area (TPSA) is 83.6 Å². The van der Waals surface area contributed by atoms with Gasteiger partial charge >= 0.3 is 0 Å². The molecule has 2 N–H and O–H groups in total. The average molecular weight is 288 g/mol. The maximum atomic E-state index is 11.8. The summed E-state index contributed by atoms with van der Waals surface area (Å²) in [7, 11) is 0. The lowest BCUT2D eigenvalue weighted by molar-refractivity contribution is 0.0944. The van der Waals surface area contributed by atoms with Crippen LogP contribution in [0.3, 0.4) is 0 Å². The van der Waals surface area contributed by atoms with Crippen molar-refractivity contribution in [3.63, 3.8) is 0 Å². The normalized spacial score (nSPS) is 10.7. The zero-order valence-electron chi connectivity index (χ0n) is 10.3. The summed E-state index contributed by atoms with van der Waals surface area (Å²) in [6.07, 6.45) is 2.66. The van der Waals surface area contributed by atoms with Gasteiger partial charge in [0.15, 0.2) is 0 Å². The fourth-order valence-electron chi connectivity index (χ4n) is 1.77. The smallest absolute Gasteiger partial charge is 0.271 e. The number of aromatic nitrogens is 4. The van der Waals surface area contributed by atoms with Crippen LogP contribution < -0.4 is 5.32 Å². The van der Waals surface area contributed by atoms with Crippen LogP contribution in [-0.2, 0) is 6.54 Å². The van der Waals surface area contributed by atoms with Gasteiger partial charge in [-0.25, -0.2) is 15.0 Å². The van der Waals surface area contributed by atoms with E-state index < -0.39 is 0 Å². The highest BCUT2D eigenvalue weighted by Crippen LogP contribution is 2.10. The van der Waals surface area contributed by atoms with E-state index in [0.29, 0.717) is 5.82 Å². The Morgan fingerprint density at radius 2 is 2.10 bits per heavy atom. The molecule has 0 saturated carbocycles. The maximum Gasteiger partial charge on any atom is 0.271 e. The third-order valence-corrected chi connectivity index (χ3v) is 2.90. The van der Waals surface area contributed by atoms with Crippen LogP contribution in [0.1, 0.15) is 16.3 Å². The van der Waals surface area contributed by atoms with Gasteiger partial charge in [0.2, 0.25) is 0 Å². The lowest BCUT2D eigenvalue weighted by atomic mass is 10.3. The molecule has 6 nitrogen and oxygen atoms in total. The van der Waals surface area contributed by atoms with Gasteiger partial charge in [0.05, 0.1) is 30.0 Å². The third kappa shape index (κ3) is 2.60. The molecule has 0 atom stereocenters. The SMILES string of the molecule is O=C(NCc1nc2ccccc2[nH]1)c1cnc(Cl)cn1. The second kappa shape index (κ2) is 5.26. The van der Waals surface area contributed by atoms with Gasteiger partial charge in [-0.15, -0.1) is 0 Å². The van der Waals surface area contributed by atoms with E-state index in [1.54, 1.807) is 0 Å². The van der Waals surface area contributed by atoms with Crippen LogP contribution in [0, 0.1) is 0 Å². The Morgan fingerprint density at radius 1 is 1.25 bits per heavy atom. The van der Waals surface area contributed by atoms with E-state index >= 15 is 0 Å². The fourth-order valence-corrected chi connectivity index (χ4v) is 1.87. The zero-order valence-corrected chi connectivity index (χ0v) is 11.1. The number of hydrogen-bond acceptors (Lipinski definition) is 4. The van der Waals surface area contributed by atoms with E-state index in [-0.39, 0.29) is 23.3 Å². The molecule has 0 bridgehead atoms. The first-order chi connectivity index (χ1) is 9.72. The van der Waals surface area contributed by atoms with Gasteiger partial charge < -0.3 is 10.3 Å². The number of nitrogens with zero attached hydrogens (tertiary/aromatic N) is 3. The third-order valence-electron chi connectivity index (χ3n) is 2.71. The van der Waals surface area contributed by atoms with Crippen molar-refractivity contribution in [2.75, 3.05) is 0 Å². The second-order valence-electron chi connectivity index (χ2n) is 4.11. The number of halogens is 1. The van der Waals surface area contributed by atoms with Gasteiger partial charge in [-0.1, -0.05) is 23.7 Å². The summed E-state index contributed by atoms with van der Waals surface area (Å²) in [5, 5.41) is 2.97. The highest BCUT2D eigenvalue weighted by Gasteiger charge is 2.09. The number of amides is 1. The van der Waals surface area contributed by atoms with Crippen molar-refractivity contribution < 1.29 is 4.79 Å². The van der Waals surface area contributed by atoms with Crippen LogP contribution in [-0.4, -0.2) is 25.8 Å². The minimum absolute atomic E-state index is 0.213. The Labute approximate surface area is 119 Å². The van der Waals surface area contributed by atoms with Crippen LogP contribution in [0.25, 0.3) is 11.0 Å². The van der Waals surface area contributed by atoms with Gasteiger partial charge in [0.1, 0.15) is 16.7 Å². The lowest BCUT2D eigenvalue weighted by Gasteiger charge is -2.01. The number of carbonyl (C=O) groups is 1. The zero-order chi connectivity index (χ0) is 13.9. The Hall–Kier alpha value is -2.47. The monoisotopic (exact) mass is 287 g/mol. The first-order valence-corrected chi connectivity index (χ1v) is 6.29. The number of para-hydroxylation sites is 2. The van der Waals surface area contributed by atoms with Gasteiger partial charge in [-0.2, -0.15) is 0 Å². The maximum absolute atomic E-state index is 11.8. The molecule has 2 heterocycles. The van der Waals surface area contributed by atoms with Crippen molar-refractivity contribution >= 4 is 28.5 Å². The molecule has 1 amide bonds. The molecule has 7 heteroatoms. The number of nitrogens with one attached hydrogen (secondary N) is 2. The molecule has 0 radical (unpaired) electrons. The van der Waals surface area contributed by atoms with E-state index in [9.17, 15) is 4.79 Å². The molecule has 3 rings (SSSR count). The van der Waals surface area contributed by atoms with Crippen molar-refractivity contribution in [1.82, 2.24) is 25.3 Å². The summed E-state index contributed by atoms with van der Waals surface area (Å²) >= 11 is 5.61. The largest absolute Gasteiger partial charge is 0.343 e. The first-order valence-electron chi connectivity index (χ1n) is 5.92. The molecule has 0 unspecified atom stereocenters. The second-order valence-corrected chi connectivity index (χ2v) is 4.49. The Balaban J connectivity index is 1.69. The van der Waals surface area contributed by atoms with Crippen molar-refractivity contribution in [3.8, 4) is 0 Å². The number of rotatable bonds is 3. The van der Waals surface area contributed by atoms with Crippen LogP contribution in [0.4, 0.5) is 0 Å². The van der Waals surface area contributed by atoms with E-state index in [4.69, 9.17) is 11.6 Å². The molecule has 0 fully saturated rings. The summed E-state index contributed by atoms with van der Waals surface area (Å²) in [5.74, 6) is 0.357. The first kappa shape index (κ1) is 12.6. The number of hydrogen-bond donors (Lipinski definition) is 2. The quantitative estimate of drug-likeness (QED) is 0.771. The molecular weight excluding hydrogens is 278 g/mol. The van der Waals surface area contributed by atoms with Crippen molar-refractivity contribution in [2.24, 2.45) is 0 Å². The van der Waals surface area contributed by atoms with Gasteiger partial charge in [-0.3, -0.25) is 4.79 Å². The Morgan fingerprint density at radius 3 is 2.85 bits per heavy atom. The standard InChI is InChI=1S/C13H10ClN5O/c14-11-6-15-10(5-16-11)13(20)17-7-12-18-8-3-1-2-4-9(8)19-12/h1-6H,7H2,(H,17,20)(H,18,19). The Kier molecular flexibility index (Phi) is 3.30. The predicted octanol–water partition coefficient (Wildman–Crippen LogP) is 1.94. The number of benzene rings is 1. The van der Waals surface area contributed by atoms with E-state index in [1.807, 2.05) is 24.3 Å². The molecule has 2 aromatic heterocycles. The van der Waals surface area contributed by atoms with Crippen LogP contribution in [0.2, 0.25) is 5.15 Å². The molecule has 1 aromatic carbocycles. The molecule has 3 aromatic rings. The number of imidazole rings is 1. The summed E-state index contributed by atoms with van der Waals surface area (Å²) < 4.78 is 0. The summed E-state index contributed by atoms with van der Waals surface area (Å²) in [6.45, 7) is 0.290. The van der Waals surface area contributed by atoms with E-state index in [1.165, 1.54) is 12.4 Å². The van der Waals surface area contributed by atoms with Gasteiger partial charge in [0, 0.05) is 0 Å². The summed E-state index contributed by atoms with van der Waals surface area (Å²) in [4.78, 5) is 27.0. The number of H-pyrrole nitrogens is 1. The van der Waals surface area contributed by atoms with Gasteiger partial charge in [0.25, 0.3) is 5.91 Å². The number of fused-ring (bicyclic) bond motifs is 1. The highest BCUT2D eigenvalue weighted by molar-refractivity contribution is 6.29. The van der Waals surface area contributed by atoms with Gasteiger partial charge in [-0.05, 0) is 12.1 Å². The van der Waals surface area contributed by atoms with Crippen LogP contribution in [0.15, 0.2) is 36.7 Å². The van der Waals surface area contributed by atoms with Crippen LogP contribution in [0.5, 0.6) is 0 Å². The molecule has 20 heavy (non-hydrogen) atoms. The fraction of sp³-hybridized carbons (Fsp3) is 0.0769. The summed E-state index contributed by atoms with van der Waals surface area (Å²) in [6, 6.07) is 7.67.